The molecule has 0 aromatic heterocycles. The number of hydrogen-bond donors (Lipinski definition) is 0. The molecular weight excluding hydrogens is 178 g/mol. The first-order valence-corrected chi connectivity index (χ1v) is 4.05. The van der Waals surface area contributed by atoms with E-state index in [0.29, 0.717) is 5.69 Å². The lowest BCUT2D eigenvalue weighted by atomic mass is 10.1. The molecule has 0 amide bonds. The van der Waals surface area contributed by atoms with Crippen LogP contribution in [-0.4, -0.2) is 6.29 Å². The van der Waals surface area contributed by atoms with Gasteiger partial charge in [0.2, 0.25) is 0 Å². The quantitative estimate of drug-likeness (QED) is 0.235. The Labute approximate surface area is 81.5 Å². The number of benzene rings is 1. The second-order valence-electron chi connectivity index (χ2n) is 2.73. The maximum Gasteiger partial charge on any atom is 0.142 e. The first kappa shape index (κ1) is 10.0. The average molecular weight is 187 g/mol. The summed E-state index contributed by atoms with van der Waals surface area (Å²) in [6, 6.07) is 5.28. The Balaban J connectivity index is 3.06. The molecule has 0 saturated heterocycles. The van der Waals surface area contributed by atoms with E-state index in [-0.39, 0.29) is 0 Å². The summed E-state index contributed by atoms with van der Waals surface area (Å²) in [5.41, 5.74) is 10.7. The van der Waals surface area contributed by atoms with E-state index in [2.05, 4.69) is 10.0 Å². The lowest BCUT2D eigenvalue weighted by Crippen LogP contribution is -1.79. The minimum atomic E-state index is 0.577. The summed E-state index contributed by atoms with van der Waals surface area (Å²) in [6.07, 6.45) is 3.86. The Kier molecular flexibility index (Phi) is 3.47. The van der Waals surface area contributed by atoms with Gasteiger partial charge in [-0.25, -0.2) is 0 Å². The van der Waals surface area contributed by atoms with E-state index in [1.54, 1.807) is 24.3 Å². The Bertz CT molecular complexity index is 417. The van der Waals surface area contributed by atoms with Gasteiger partial charge in [-0.3, -0.25) is 4.79 Å². The molecule has 1 aromatic rings. The lowest BCUT2D eigenvalue weighted by molar-refractivity contribution is -0.104. The molecule has 14 heavy (non-hydrogen) atoms. The van der Waals surface area contributed by atoms with Gasteiger partial charge < -0.3 is 0 Å². The molecule has 0 unspecified atom stereocenters. The maximum atomic E-state index is 10.1. The number of rotatable bonds is 3. The topological polar surface area (TPSA) is 65.8 Å². The van der Waals surface area contributed by atoms with E-state index >= 15 is 0 Å². The molecule has 70 valence electrons. The summed E-state index contributed by atoms with van der Waals surface area (Å²) in [4.78, 5) is 12.8. The fraction of sp³-hybridized carbons (Fsp3) is 0.100. The Morgan fingerprint density at radius 1 is 1.50 bits per heavy atom. The van der Waals surface area contributed by atoms with Crippen LogP contribution in [0.5, 0.6) is 0 Å². The molecule has 0 spiro atoms. The summed E-state index contributed by atoms with van der Waals surface area (Å²) < 4.78 is 0. The largest absolute Gasteiger partial charge is 0.299 e. The fourth-order valence-electron chi connectivity index (χ4n) is 1.10. The molecule has 0 heterocycles. The van der Waals surface area contributed by atoms with E-state index in [1.807, 2.05) is 6.92 Å². The van der Waals surface area contributed by atoms with Gasteiger partial charge in [0.15, 0.2) is 0 Å². The summed E-state index contributed by atoms with van der Waals surface area (Å²) in [7, 11) is 0. The summed E-state index contributed by atoms with van der Waals surface area (Å²) >= 11 is 0. The molecular formula is C10H9N3O. The van der Waals surface area contributed by atoms with E-state index < -0.39 is 0 Å². The van der Waals surface area contributed by atoms with Crippen LogP contribution in [0.1, 0.15) is 11.1 Å². The average Bonchev–Trinajstić information content (AvgIpc) is 2.17. The number of allylic oxidation sites excluding steroid dienone is 1. The van der Waals surface area contributed by atoms with Crippen LogP contribution in [0.25, 0.3) is 16.5 Å². The maximum absolute atomic E-state index is 10.1. The highest BCUT2D eigenvalue weighted by Gasteiger charge is 1.94. The van der Waals surface area contributed by atoms with Crippen LogP contribution in [0.4, 0.5) is 5.69 Å². The van der Waals surface area contributed by atoms with Gasteiger partial charge in [-0.15, -0.1) is 0 Å². The van der Waals surface area contributed by atoms with Crippen molar-refractivity contribution in [3.05, 3.63) is 45.8 Å². The van der Waals surface area contributed by atoms with Gasteiger partial charge >= 0.3 is 0 Å². The van der Waals surface area contributed by atoms with E-state index in [1.165, 1.54) is 6.08 Å². The smallest absolute Gasteiger partial charge is 0.142 e. The monoisotopic (exact) mass is 187 g/mol. The first-order valence-electron chi connectivity index (χ1n) is 4.05. The number of azide groups is 1. The number of nitrogens with zero attached hydrogens (tertiary/aromatic N) is 3. The molecule has 0 aliphatic carbocycles. The van der Waals surface area contributed by atoms with Gasteiger partial charge in [0.25, 0.3) is 0 Å². The third kappa shape index (κ3) is 2.47. The van der Waals surface area contributed by atoms with Crippen molar-refractivity contribution >= 4 is 18.0 Å². The van der Waals surface area contributed by atoms with Gasteiger partial charge in [-0.1, -0.05) is 23.3 Å². The summed E-state index contributed by atoms with van der Waals surface area (Å²) in [5, 5.41) is 3.48. The Morgan fingerprint density at radius 3 is 2.86 bits per heavy atom. The molecule has 0 radical (unpaired) electrons. The van der Waals surface area contributed by atoms with Gasteiger partial charge in [0.05, 0.1) is 0 Å². The van der Waals surface area contributed by atoms with Crippen LogP contribution in [0.2, 0.25) is 0 Å². The highest BCUT2D eigenvalue weighted by molar-refractivity contribution is 5.74. The molecule has 0 saturated carbocycles. The summed E-state index contributed by atoms with van der Waals surface area (Å²) in [6.45, 7) is 1.89. The van der Waals surface area contributed by atoms with Crippen LogP contribution < -0.4 is 0 Å². The van der Waals surface area contributed by atoms with Crippen molar-refractivity contribution in [3.8, 4) is 0 Å². The number of carbonyl (C=O) groups excluding carboxylic acids is 1. The molecule has 0 aliphatic rings. The Hall–Kier alpha value is -2.06. The first-order chi connectivity index (χ1) is 6.77. The van der Waals surface area contributed by atoms with Crippen molar-refractivity contribution in [2.45, 2.75) is 6.92 Å². The Morgan fingerprint density at radius 2 is 2.29 bits per heavy atom. The minimum absolute atomic E-state index is 0.577. The van der Waals surface area contributed by atoms with Gasteiger partial charge in [-0.2, -0.15) is 0 Å². The van der Waals surface area contributed by atoms with Crippen molar-refractivity contribution in [3.63, 3.8) is 0 Å². The van der Waals surface area contributed by atoms with Gasteiger partial charge in [0, 0.05) is 10.6 Å². The van der Waals surface area contributed by atoms with Crippen LogP contribution in [0.15, 0.2) is 29.4 Å². The molecule has 4 heteroatoms. The standard InChI is InChI=1S/C10H9N3O/c1-8-7-10(12-13-11)5-4-9(8)3-2-6-14/h2-7H,1H3/b3-2+. The molecule has 0 atom stereocenters. The van der Waals surface area contributed by atoms with E-state index in [4.69, 9.17) is 5.53 Å². The zero-order valence-corrected chi connectivity index (χ0v) is 7.71. The van der Waals surface area contributed by atoms with Crippen LogP contribution in [0.3, 0.4) is 0 Å². The normalized spacial score (nSPS) is 9.79. The number of aryl methyl sites for hydroxylation is 1. The lowest BCUT2D eigenvalue weighted by Gasteiger charge is -2.00. The summed E-state index contributed by atoms with van der Waals surface area (Å²) in [5.74, 6) is 0. The van der Waals surface area contributed by atoms with Gasteiger partial charge in [0.1, 0.15) is 6.29 Å². The van der Waals surface area contributed by atoms with Crippen molar-refractivity contribution in [1.29, 1.82) is 0 Å². The van der Waals surface area contributed by atoms with Crippen LogP contribution in [-0.2, 0) is 4.79 Å². The molecule has 1 aromatic carbocycles. The fourth-order valence-corrected chi connectivity index (χ4v) is 1.10. The predicted octanol–water partition coefficient (Wildman–Crippen LogP) is 3.15. The molecule has 1 rings (SSSR count). The van der Waals surface area contributed by atoms with E-state index in [0.717, 1.165) is 17.4 Å². The third-order valence-electron chi connectivity index (χ3n) is 1.77. The highest BCUT2D eigenvalue weighted by Crippen LogP contribution is 2.18. The van der Waals surface area contributed by atoms with Crippen LogP contribution >= 0.6 is 0 Å². The third-order valence-corrected chi connectivity index (χ3v) is 1.77. The highest BCUT2D eigenvalue weighted by atomic mass is 16.1. The minimum Gasteiger partial charge on any atom is -0.299 e. The molecule has 4 nitrogen and oxygen atoms in total. The molecule has 0 fully saturated rings. The molecule has 0 aliphatic heterocycles. The molecule has 0 N–H and O–H groups in total. The van der Waals surface area contributed by atoms with Crippen LogP contribution in [0, 0.1) is 6.92 Å². The SMILES string of the molecule is Cc1cc(N=[N+]=[N-])ccc1/C=C/C=O. The number of hydrogen-bond acceptors (Lipinski definition) is 2. The number of aldehydes is 1. The van der Waals surface area contributed by atoms with Crippen molar-refractivity contribution in [2.24, 2.45) is 5.11 Å². The van der Waals surface area contributed by atoms with Gasteiger partial charge in [-0.05, 0) is 35.7 Å². The second kappa shape index (κ2) is 4.84. The van der Waals surface area contributed by atoms with E-state index in [9.17, 15) is 4.79 Å². The van der Waals surface area contributed by atoms with Crippen molar-refractivity contribution in [2.75, 3.05) is 0 Å². The van der Waals surface area contributed by atoms with Crippen molar-refractivity contribution in [1.82, 2.24) is 0 Å². The second-order valence-corrected chi connectivity index (χ2v) is 2.73. The number of carbonyl (C=O) groups is 1. The predicted molar refractivity (Wildman–Crippen MR) is 55.1 cm³/mol. The van der Waals surface area contributed by atoms with Crippen molar-refractivity contribution < 1.29 is 4.79 Å². The zero-order chi connectivity index (χ0) is 10.4. The zero-order valence-electron chi connectivity index (χ0n) is 7.71. The molecule has 0 bridgehead atoms.